The van der Waals surface area contributed by atoms with Crippen LogP contribution in [-0.4, -0.2) is 41.1 Å². The van der Waals surface area contributed by atoms with Crippen LogP contribution in [0.1, 0.15) is 52.9 Å². The number of likely N-dealkylation sites (tertiary alicyclic amines) is 1. The van der Waals surface area contributed by atoms with Crippen LogP contribution < -0.4 is 5.32 Å². The predicted octanol–water partition coefficient (Wildman–Crippen LogP) is 2.71. The lowest BCUT2D eigenvalue weighted by Crippen LogP contribution is -2.55. The van der Waals surface area contributed by atoms with Gasteiger partial charge < -0.3 is 15.3 Å². The number of amides is 2. The van der Waals surface area contributed by atoms with Crippen LogP contribution in [0.3, 0.4) is 0 Å². The smallest absolute Gasteiger partial charge is 0.317 e. The Hall–Kier alpha value is -1.26. The summed E-state index contributed by atoms with van der Waals surface area (Å²) in [6.07, 6.45) is 4.76. The molecule has 0 spiro atoms. The third-order valence-corrected chi connectivity index (χ3v) is 5.69. The Morgan fingerprint density at radius 3 is 2.33 bits per heavy atom. The van der Waals surface area contributed by atoms with Gasteiger partial charge in [-0.15, -0.1) is 0 Å². The minimum Gasteiger partial charge on any atom is -0.481 e. The van der Waals surface area contributed by atoms with E-state index < -0.39 is 5.97 Å². The number of nitrogens with one attached hydrogen (secondary N) is 1. The van der Waals surface area contributed by atoms with Gasteiger partial charge in [-0.25, -0.2) is 4.79 Å². The first-order valence-electron chi connectivity index (χ1n) is 8.12. The lowest BCUT2D eigenvalue weighted by atomic mass is 9.61. The SMILES string of the molecule is CC1C(NC(=O)N2CCCCC2)CCC(C(=O)O)C1(C)C. The number of piperidine rings is 1. The van der Waals surface area contributed by atoms with Crippen molar-refractivity contribution in [3.05, 3.63) is 0 Å². The third-order valence-electron chi connectivity index (χ3n) is 5.69. The monoisotopic (exact) mass is 296 g/mol. The molecule has 2 amide bonds. The number of hydrogen-bond donors (Lipinski definition) is 2. The molecule has 5 heteroatoms. The number of hydrogen-bond acceptors (Lipinski definition) is 2. The Bertz CT molecular complexity index is 402. The van der Waals surface area contributed by atoms with Gasteiger partial charge in [-0.2, -0.15) is 0 Å². The molecule has 1 aliphatic heterocycles. The minimum absolute atomic E-state index is 0.0242. The summed E-state index contributed by atoms with van der Waals surface area (Å²) >= 11 is 0. The summed E-state index contributed by atoms with van der Waals surface area (Å²) in [4.78, 5) is 25.6. The lowest BCUT2D eigenvalue weighted by Gasteiger charge is -2.46. The van der Waals surface area contributed by atoms with E-state index in [4.69, 9.17) is 0 Å². The fourth-order valence-electron chi connectivity index (χ4n) is 3.79. The number of aliphatic carboxylic acids is 1. The maximum atomic E-state index is 12.3. The van der Waals surface area contributed by atoms with Gasteiger partial charge in [-0.1, -0.05) is 20.8 Å². The van der Waals surface area contributed by atoms with Crippen LogP contribution in [0.4, 0.5) is 4.79 Å². The van der Waals surface area contributed by atoms with Gasteiger partial charge in [-0.05, 0) is 43.4 Å². The van der Waals surface area contributed by atoms with E-state index in [2.05, 4.69) is 12.2 Å². The first-order chi connectivity index (χ1) is 9.84. The van der Waals surface area contributed by atoms with E-state index in [0.29, 0.717) is 6.42 Å². The third kappa shape index (κ3) is 3.33. The van der Waals surface area contributed by atoms with E-state index >= 15 is 0 Å². The van der Waals surface area contributed by atoms with Crippen LogP contribution in [-0.2, 0) is 4.79 Å². The van der Waals surface area contributed by atoms with Crippen molar-refractivity contribution in [3.63, 3.8) is 0 Å². The molecule has 0 aromatic carbocycles. The van der Waals surface area contributed by atoms with E-state index in [9.17, 15) is 14.7 Å². The fraction of sp³-hybridized carbons (Fsp3) is 0.875. The molecule has 2 rings (SSSR count). The normalized spacial score (nSPS) is 32.5. The fourth-order valence-corrected chi connectivity index (χ4v) is 3.79. The van der Waals surface area contributed by atoms with Gasteiger partial charge in [0.25, 0.3) is 0 Å². The zero-order valence-corrected chi connectivity index (χ0v) is 13.4. The molecular formula is C16H28N2O3. The van der Waals surface area contributed by atoms with Crippen molar-refractivity contribution >= 4 is 12.0 Å². The van der Waals surface area contributed by atoms with Gasteiger partial charge in [0.2, 0.25) is 0 Å². The average molecular weight is 296 g/mol. The molecule has 0 bridgehead atoms. The highest BCUT2D eigenvalue weighted by Gasteiger charge is 2.46. The standard InChI is InChI=1S/C16H28N2O3/c1-11-13(8-7-12(14(19)20)16(11,2)3)17-15(21)18-9-5-4-6-10-18/h11-13H,4-10H2,1-3H3,(H,17,21)(H,19,20). The number of carboxylic acid groups (broad SMARTS) is 1. The molecular weight excluding hydrogens is 268 g/mol. The van der Waals surface area contributed by atoms with E-state index in [1.165, 1.54) is 6.42 Å². The van der Waals surface area contributed by atoms with Gasteiger partial charge in [-0.3, -0.25) is 4.79 Å². The van der Waals surface area contributed by atoms with E-state index in [1.807, 2.05) is 18.7 Å². The Kier molecular flexibility index (Phi) is 4.79. The van der Waals surface area contributed by atoms with Crippen molar-refractivity contribution in [1.82, 2.24) is 10.2 Å². The van der Waals surface area contributed by atoms with E-state index in [0.717, 1.165) is 32.4 Å². The molecule has 1 saturated heterocycles. The molecule has 120 valence electrons. The highest BCUT2D eigenvalue weighted by molar-refractivity contribution is 5.75. The summed E-state index contributed by atoms with van der Waals surface area (Å²) in [5, 5.41) is 12.5. The lowest BCUT2D eigenvalue weighted by molar-refractivity contribution is -0.150. The van der Waals surface area contributed by atoms with Crippen molar-refractivity contribution in [3.8, 4) is 0 Å². The maximum absolute atomic E-state index is 12.3. The van der Waals surface area contributed by atoms with E-state index in [1.54, 1.807) is 0 Å². The molecule has 0 radical (unpaired) electrons. The first-order valence-corrected chi connectivity index (χ1v) is 8.12. The van der Waals surface area contributed by atoms with E-state index in [-0.39, 0.29) is 29.3 Å². The molecule has 1 heterocycles. The van der Waals surface area contributed by atoms with Crippen LogP contribution in [0, 0.1) is 17.3 Å². The molecule has 3 unspecified atom stereocenters. The second-order valence-electron chi connectivity index (χ2n) is 7.18. The summed E-state index contributed by atoms with van der Waals surface area (Å²) in [6, 6.07) is 0.0983. The van der Waals surface area contributed by atoms with Crippen molar-refractivity contribution in [2.75, 3.05) is 13.1 Å². The Balaban J connectivity index is 1.98. The van der Waals surface area contributed by atoms with Crippen LogP contribution in [0.15, 0.2) is 0 Å². The van der Waals surface area contributed by atoms with Crippen LogP contribution in [0.2, 0.25) is 0 Å². The maximum Gasteiger partial charge on any atom is 0.317 e. The topological polar surface area (TPSA) is 69.6 Å². The summed E-state index contributed by atoms with van der Waals surface area (Å²) in [5.41, 5.74) is -0.302. The Labute approximate surface area is 127 Å². The second-order valence-corrected chi connectivity index (χ2v) is 7.18. The number of rotatable bonds is 2. The molecule has 1 saturated carbocycles. The average Bonchev–Trinajstić information content (AvgIpc) is 2.44. The largest absolute Gasteiger partial charge is 0.481 e. The molecule has 5 nitrogen and oxygen atoms in total. The summed E-state index contributed by atoms with van der Waals surface area (Å²) in [7, 11) is 0. The number of carbonyl (C=O) groups excluding carboxylic acids is 1. The van der Waals surface area contributed by atoms with Crippen molar-refractivity contribution < 1.29 is 14.7 Å². The Morgan fingerprint density at radius 1 is 1.14 bits per heavy atom. The molecule has 21 heavy (non-hydrogen) atoms. The number of urea groups is 1. The Morgan fingerprint density at radius 2 is 1.76 bits per heavy atom. The minimum atomic E-state index is -0.715. The molecule has 2 N–H and O–H groups in total. The van der Waals surface area contributed by atoms with Gasteiger partial charge in [0, 0.05) is 19.1 Å². The van der Waals surface area contributed by atoms with Crippen molar-refractivity contribution in [2.24, 2.45) is 17.3 Å². The molecule has 2 fully saturated rings. The van der Waals surface area contributed by atoms with Crippen LogP contribution in [0.25, 0.3) is 0 Å². The molecule has 0 aromatic heterocycles. The highest BCUT2D eigenvalue weighted by Crippen LogP contribution is 2.45. The summed E-state index contributed by atoms with van der Waals surface area (Å²) in [5.74, 6) is -0.885. The second kappa shape index (κ2) is 6.24. The summed E-state index contributed by atoms with van der Waals surface area (Å²) < 4.78 is 0. The number of carboxylic acids is 1. The predicted molar refractivity (Wildman–Crippen MR) is 81.0 cm³/mol. The molecule has 1 aliphatic carbocycles. The zero-order chi connectivity index (χ0) is 15.6. The molecule has 3 atom stereocenters. The highest BCUT2D eigenvalue weighted by atomic mass is 16.4. The number of carbonyl (C=O) groups is 2. The van der Waals surface area contributed by atoms with Gasteiger partial charge in [0.1, 0.15) is 0 Å². The van der Waals surface area contributed by atoms with Gasteiger partial charge in [0.15, 0.2) is 0 Å². The molecule has 2 aliphatic rings. The quantitative estimate of drug-likeness (QED) is 0.823. The first kappa shape index (κ1) is 16.1. The van der Waals surface area contributed by atoms with Crippen LogP contribution >= 0.6 is 0 Å². The number of nitrogens with zero attached hydrogens (tertiary/aromatic N) is 1. The zero-order valence-electron chi connectivity index (χ0n) is 13.4. The van der Waals surface area contributed by atoms with Crippen molar-refractivity contribution in [2.45, 2.75) is 58.9 Å². The van der Waals surface area contributed by atoms with Crippen LogP contribution in [0.5, 0.6) is 0 Å². The van der Waals surface area contributed by atoms with Gasteiger partial charge >= 0.3 is 12.0 Å². The van der Waals surface area contributed by atoms with Gasteiger partial charge in [0.05, 0.1) is 5.92 Å². The molecule has 0 aromatic rings. The summed E-state index contributed by atoms with van der Waals surface area (Å²) in [6.45, 7) is 7.77. The van der Waals surface area contributed by atoms with Crippen molar-refractivity contribution in [1.29, 1.82) is 0 Å².